The van der Waals surface area contributed by atoms with Crippen molar-refractivity contribution in [3.63, 3.8) is 0 Å². The molecule has 1 amide bonds. The maximum atomic E-state index is 13.2. The highest BCUT2D eigenvalue weighted by atomic mass is 35.5. The van der Waals surface area contributed by atoms with Crippen molar-refractivity contribution in [1.29, 1.82) is 0 Å². The van der Waals surface area contributed by atoms with E-state index in [-0.39, 0.29) is 22.3 Å². The second-order valence-electron chi connectivity index (χ2n) is 8.11. The van der Waals surface area contributed by atoms with Gasteiger partial charge in [-0.15, -0.1) is 0 Å². The molecule has 2 aliphatic rings. The van der Waals surface area contributed by atoms with E-state index in [2.05, 4.69) is 5.10 Å². The fraction of sp³-hybridized carbons (Fsp3) is 0.240. The van der Waals surface area contributed by atoms with Crippen LogP contribution in [0.1, 0.15) is 47.2 Å². The third-order valence-electron chi connectivity index (χ3n) is 5.96. The normalized spacial score (nSPS) is 20.8. The predicted molar refractivity (Wildman–Crippen MR) is 123 cm³/mol. The van der Waals surface area contributed by atoms with Gasteiger partial charge in [0.15, 0.2) is 6.61 Å². The van der Waals surface area contributed by atoms with Gasteiger partial charge in [-0.05, 0) is 73.4 Å². The van der Waals surface area contributed by atoms with Crippen LogP contribution in [-0.4, -0.2) is 34.3 Å². The molecule has 3 heterocycles. The van der Waals surface area contributed by atoms with Gasteiger partial charge in [0.25, 0.3) is 5.91 Å². The van der Waals surface area contributed by atoms with E-state index < -0.39 is 24.5 Å². The van der Waals surface area contributed by atoms with E-state index in [1.165, 1.54) is 23.2 Å². The van der Waals surface area contributed by atoms with Crippen LogP contribution in [0.3, 0.4) is 0 Å². The zero-order chi connectivity index (χ0) is 23.7. The summed E-state index contributed by atoms with van der Waals surface area (Å²) < 4.78 is 16.3. The highest BCUT2D eigenvalue weighted by molar-refractivity contribution is 6.31. The van der Waals surface area contributed by atoms with Crippen molar-refractivity contribution >= 4 is 35.3 Å². The van der Waals surface area contributed by atoms with Crippen LogP contribution >= 0.6 is 11.6 Å². The Hall–Kier alpha value is -3.78. The van der Waals surface area contributed by atoms with Crippen LogP contribution in [0.25, 0.3) is 6.08 Å². The summed E-state index contributed by atoms with van der Waals surface area (Å²) in [5.41, 5.74) is 1.68. The highest BCUT2D eigenvalue weighted by Crippen LogP contribution is 2.44. The van der Waals surface area contributed by atoms with E-state index in [0.29, 0.717) is 11.5 Å². The topological polar surface area (TPSA) is 105 Å². The van der Waals surface area contributed by atoms with Crippen LogP contribution in [0, 0.1) is 5.92 Å². The summed E-state index contributed by atoms with van der Waals surface area (Å²) >= 11 is 5.90. The molecule has 0 spiro atoms. The molecular weight excluding hydrogens is 460 g/mol. The molecule has 1 aliphatic carbocycles. The molecule has 2 aromatic heterocycles. The number of furan rings is 2. The minimum atomic E-state index is -0.856. The van der Waals surface area contributed by atoms with E-state index in [1.807, 2.05) is 24.3 Å². The Morgan fingerprint density at radius 3 is 2.79 bits per heavy atom. The predicted octanol–water partition coefficient (Wildman–Crippen LogP) is 5.21. The summed E-state index contributed by atoms with van der Waals surface area (Å²) in [7, 11) is 0. The molecular formula is C25H21ClN2O6. The fourth-order valence-electron chi connectivity index (χ4n) is 4.43. The van der Waals surface area contributed by atoms with Gasteiger partial charge in [0.1, 0.15) is 28.9 Å². The number of phenols is 1. The van der Waals surface area contributed by atoms with Gasteiger partial charge in [0.05, 0.1) is 18.2 Å². The van der Waals surface area contributed by atoms with Crippen molar-refractivity contribution in [3.05, 3.63) is 82.7 Å². The van der Waals surface area contributed by atoms with Gasteiger partial charge < -0.3 is 18.7 Å². The van der Waals surface area contributed by atoms with Gasteiger partial charge in [-0.3, -0.25) is 4.79 Å². The second kappa shape index (κ2) is 9.23. The van der Waals surface area contributed by atoms with E-state index in [4.69, 9.17) is 25.2 Å². The molecule has 1 saturated carbocycles. The number of esters is 1. The largest absolute Gasteiger partial charge is 0.507 e. The molecule has 9 heteroatoms. The smallest absolute Gasteiger partial charge is 0.342 e. The van der Waals surface area contributed by atoms with Gasteiger partial charge in [0.2, 0.25) is 0 Å². The first-order chi connectivity index (χ1) is 16.5. The Morgan fingerprint density at radius 1 is 1.21 bits per heavy atom. The van der Waals surface area contributed by atoms with Crippen molar-refractivity contribution < 1.29 is 28.3 Å². The maximum Gasteiger partial charge on any atom is 0.342 e. The number of hydrogen-bond acceptors (Lipinski definition) is 7. The highest BCUT2D eigenvalue weighted by Gasteiger charge is 2.45. The average Bonchev–Trinajstić information content (AvgIpc) is 3.59. The second-order valence-corrected chi connectivity index (χ2v) is 8.54. The molecule has 1 aromatic carbocycles. The first-order valence-corrected chi connectivity index (χ1v) is 11.2. The van der Waals surface area contributed by atoms with Crippen molar-refractivity contribution in [2.24, 2.45) is 11.0 Å². The van der Waals surface area contributed by atoms with E-state index in [0.717, 1.165) is 30.5 Å². The van der Waals surface area contributed by atoms with Crippen LogP contribution < -0.4 is 0 Å². The van der Waals surface area contributed by atoms with E-state index in [1.54, 1.807) is 18.6 Å². The molecule has 5 rings (SSSR count). The zero-order valence-corrected chi connectivity index (χ0v) is 18.8. The molecule has 0 bridgehead atoms. The molecule has 2 atom stereocenters. The minimum absolute atomic E-state index is 0.0576. The molecule has 34 heavy (non-hydrogen) atoms. The molecule has 2 unspecified atom stereocenters. The Morgan fingerprint density at radius 2 is 2.03 bits per heavy atom. The lowest BCUT2D eigenvalue weighted by Crippen LogP contribution is -2.34. The molecule has 1 fully saturated rings. The lowest BCUT2D eigenvalue weighted by atomic mass is 9.79. The number of nitrogens with zero attached hydrogens (tertiary/aromatic N) is 2. The summed E-state index contributed by atoms with van der Waals surface area (Å²) in [6.07, 6.45) is 7.68. The SMILES string of the molecule is O=C(OCC(=O)N1N=C2C(=Cc3ccco3)CCCC2C1c1ccco1)c1cc(Cl)ccc1O. The van der Waals surface area contributed by atoms with Gasteiger partial charge in [-0.2, -0.15) is 5.10 Å². The van der Waals surface area contributed by atoms with Gasteiger partial charge >= 0.3 is 5.97 Å². The van der Waals surface area contributed by atoms with Crippen molar-refractivity contribution in [2.45, 2.75) is 25.3 Å². The lowest BCUT2D eigenvalue weighted by Gasteiger charge is -2.27. The number of hydrogen-bond donors (Lipinski definition) is 1. The summed E-state index contributed by atoms with van der Waals surface area (Å²) in [6.45, 7) is -0.553. The summed E-state index contributed by atoms with van der Waals surface area (Å²) in [5.74, 6) is -0.377. The number of allylic oxidation sites excluding steroid dienone is 1. The number of rotatable bonds is 5. The quantitative estimate of drug-likeness (QED) is 0.502. The third-order valence-corrected chi connectivity index (χ3v) is 6.19. The number of phenolic OH excluding ortho intramolecular Hbond substituents is 1. The van der Waals surface area contributed by atoms with Crippen molar-refractivity contribution in [2.75, 3.05) is 6.61 Å². The lowest BCUT2D eigenvalue weighted by molar-refractivity contribution is -0.137. The number of amides is 1. The summed E-state index contributed by atoms with van der Waals surface area (Å²) in [5, 5.41) is 16.2. The molecule has 0 radical (unpaired) electrons. The Kier molecular flexibility index (Phi) is 5.98. The van der Waals surface area contributed by atoms with E-state index >= 15 is 0 Å². The monoisotopic (exact) mass is 480 g/mol. The first-order valence-electron chi connectivity index (χ1n) is 10.9. The first kappa shape index (κ1) is 22.0. The molecule has 1 aliphatic heterocycles. The fourth-order valence-corrected chi connectivity index (χ4v) is 4.61. The van der Waals surface area contributed by atoms with Crippen molar-refractivity contribution in [3.8, 4) is 5.75 Å². The Balaban J connectivity index is 1.40. The van der Waals surface area contributed by atoms with Crippen LogP contribution in [0.4, 0.5) is 0 Å². The molecule has 8 nitrogen and oxygen atoms in total. The number of fused-ring (bicyclic) bond motifs is 1. The molecule has 0 saturated heterocycles. The number of halogens is 1. The van der Waals surface area contributed by atoms with Crippen LogP contribution in [0.5, 0.6) is 5.75 Å². The number of benzene rings is 1. The van der Waals surface area contributed by atoms with Crippen molar-refractivity contribution in [1.82, 2.24) is 5.01 Å². The van der Waals surface area contributed by atoms with Gasteiger partial charge in [-0.25, -0.2) is 9.80 Å². The number of hydrazone groups is 1. The van der Waals surface area contributed by atoms with Crippen LogP contribution in [0.2, 0.25) is 5.02 Å². The molecule has 1 N–H and O–H groups in total. The van der Waals surface area contributed by atoms with Crippen LogP contribution in [-0.2, 0) is 9.53 Å². The molecule has 174 valence electrons. The maximum absolute atomic E-state index is 13.2. The Labute approximate surface area is 200 Å². The average molecular weight is 481 g/mol. The Bertz CT molecular complexity index is 1260. The number of aromatic hydroxyl groups is 1. The zero-order valence-electron chi connectivity index (χ0n) is 18.0. The third kappa shape index (κ3) is 4.24. The standard InChI is InChI=1S/C25H21ClN2O6/c26-16-8-9-20(29)19(13-16)25(31)34-14-22(30)28-24(21-7-3-11-33-21)18-6-1-4-15(23(18)27-28)12-17-5-2-10-32-17/h2-3,5,7-13,18,24,29H,1,4,6,14H2. The number of ether oxygens (including phenoxy) is 1. The van der Waals surface area contributed by atoms with Gasteiger partial charge in [-0.1, -0.05) is 11.6 Å². The molecule has 3 aromatic rings. The van der Waals surface area contributed by atoms with E-state index in [9.17, 15) is 14.7 Å². The number of carbonyl (C=O) groups excluding carboxylic acids is 2. The van der Waals surface area contributed by atoms with Crippen LogP contribution in [0.15, 0.2) is 74.5 Å². The minimum Gasteiger partial charge on any atom is -0.507 e. The van der Waals surface area contributed by atoms with Gasteiger partial charge in [0, 0.05) is 10.9 Å². The number of carbonyl (C=O) groups is 2. The summed E-state index contributed by atoms with van der Waals surface area (Å²) in [6, 6.07) is 10.8. The summed E-state index contributed by atoms with van der Waals surface area (Å²) in [4.78, 5) is 25.6.